The second kappa shape index (κ2) is 9.09. The van der Waals surface area contributed by atoms with Crippen LogP contribution in [0.1, 0.15) is 42.6 Å². The van der Waals surface area contributed by atoms with Crippen molar-refractivity contribution in [2.24, 2.45) is 0 Å². The molecule has 2 atom stereocenters. The van der Waals surface area contributed by atoms with Gasteiger partial charge in [-0.05, 0) is 38.1 Å². The number of nitrogens with one attached hydrogen (secondary N) is 1. The molecule has 0 radical (unpaired) electrons. The molecule has 172 valence electrons. The summed E-state index contributed by atoms with van der Waals surface area (Å²) in [6.07, 6.45) is -0.0188. The highest BCUT2D eigenvalue weighted by molar-refractivity contribution is 7.89. The molecule has 32 heavy (non-hydrogen) atoms. The number of nitrogens with zero attached hydrogens (tertiary/aromatic N) is 1. The first-order chi connectivity index (χ1) is 15.3. The van der Waals surface area contributed by atoms with E-state index < -0.39 is 10.0 Å². The van der Waals surface area contributed by atoms with E-state index in [0.717, 1.165) is 5.56 Å². The van der Waals surface area contributed by atoms with Gasteiger partial charge < -0.3 is 19.5 Å². The maximum atomic E-state index is 13.3. The van der Waals surface area contributed by atoms with Gasteiger partial charge in [0.2, 0.25) is 10.0 Å². The molecule has 0 aliphatic carbocycles. The average Bonchev–Trinajstić information content (AvgIpc) is 3.09. The molecule has 1 N–H and O–H groups in total. The lowest BCUT2D eigenvalue weighted by Gasteiger charge is -2.27. The van der Waals surface area contributed by atoms with Crippen LogP contribution in [0.2, 0.25) is 0 Å². The molecular weight excluding hydrogens is 432 g/mol. The summed E-state index contributed by atoms with van der Waals surface area (Å²) in [4.78, 5) is 13.1. The second-order valence-electron chi connectivity index (χ2n) is 7.90. The predicted octanol–water partition coefficient (Wildman–Crippen LogP) is 3.24. The van der Waals surface area contributed by atoms with Crippen molar-refractivity contribution in [2.45, 2.75) is 37.7 Å². The summed E-state index contributed by atoms with van der Waals surface area (Å²) in [6, 6.07) is 10.2. The van der Waals surface area contributed by atoms with Crippen molar-refractivity contribution < 1.29 is 27.4 Å². The fraction of sp³-hybridized carbons (Fsp3) is 0.435. The van der Waals surface area contributed by atoms with Gasteiger partial charge in [0.25, 0.3) is 5.91 Å². The van der Waals surface area contributed by atoms with Crippen molar-refractivity contribution >= 4 is 21.6 Å². The van der Waals surface area contributed by atoms with E-state index in [1.54, 1.807) is 25.1 Å². The van der Waals surface area contributed by atoms with Crippen LogP contribution in [0.5, 0.6) is 11.5 Å². The summed E-state index contributed by atoms with van der Waals surface area (Å²) in [5.41, 5.74) is 1.78. The van der Waals surface area contributed by atoms with Crippen molar-refractivity contribution in [3.63, 3.8) is 0 Å². The molecule has 0 saturated carbocycles. The average molecular weight is 461 g/mol. The largest absolute Gasteiger partial charge is 0.492 e. The number of fused-ring (bicyclic) bond motifs is 1. The summed E-state index contributed by atoms with van der Waals surface area (Å²) in [6.45, 7) is 7.38. The van der Waals surface area contributed by atoms with Gasteiger partial charge in [-0.2, -0.15) is 4.31 Å². The topological polar surface area (TPSA) is 94.2 Å². The molecule has 8 nitrogen and oxygen atoms in total. The first-order valence-electron chi connectivity index (χ1n) is 10.8. The van der Waals surface area contributed by atoms with Gasteiger partial charge >= 0.3 is 0 Å². The van der Waals surface area contributed by atoms with Crippen LogP contribution in [0.3, 0.4) is 0 Å². The van der Waals surface area contributed by atoms with Gasteiger partial charge in [-0.15, -0.1) is 0 Å². The Labute approximate surface area is 188 Å². The van der Waals surface area contributed by atoms with E-state index >= 15 is 0 Å². The summed E-state index contributed by atoms with van der Waals surface area (Å²) in [5.74, 6) is 0.663. The van der Waals surface area contributed by atoms with Crippen LogP contribution in [0, 0.1) is 0 Å². The third kappa shape index (κ3) is 4.20. The van der Waals surface area contributed by atoms with Gasteiger partial charge in [0.15, 0.2) is 0 Å². The fourth-order valence-electron chi connectivity index (χ4n) is 3.95. The molecule has 1 fully saturated rings. The number of benzene rings is 2. The molecule has 2 aliphatic heterocycles. The van der Waals surface area contributed by atoms with Crippen molar-refractivity contribution in [3.05, 3.63) is 47.5 Å². The van der Waals surface area contributed by atoms with E-state index in [1.165, 1.54) is 10.4 Å². The Hall–Kier alpha value is -2.62. The first-order valence-corrected chi connectivity index (χ1v) is 12.2. The normalized spacial score (nSPS) is 21.0. The molecule has 9 heteroatoms. The Kier molecular flexibility index (Phi) is 6.41. The molecule has 2 aliphatic rings. The Bertz CT molecular complexity index is 1110. The number of hydrogen-bond donors (Lipinski definition) is 1. The number of rotatable bonds is 6. The maximum absolute atomic E-state index is 13.3. The lowest BCUT2D eigenvalue weighted by Crippen LogP contribution is -2.40. The molecule has 1 amide bonds. The number of sulfonamides is 1. The summed E-state index contributed by atoms with van der Waals surface area (Å²) in [7, 11) is -3.81. The highest BCUT2D eigenvalue weighted by Crippen LogP contribution is 2.40. The molecular formula is C23H28N2O6S. The monoisotopic (exact) mass is 460 g/mol. The zero-order valence-corrected chi connectivity index (χ0v) is 19.3. The highest BCUT2D eigenvalue weighted by Gasteiger charge is 2.32. The minimum Gasteiger partial charge on any atom is -0.492 e. The number of para-hydroxylation sites is 1. The zero-order chi connectivity index (χ0) is 22.9. The van der Waals surface area contributed by atoms with Crippen LogP contribution < -0.4 is 14.8 Å². The first kappa shape index (κ1) is 22.6. The van der Waals surface area contributed by atoms with Crippen LogP contribution in [-0.2, 0) is 14.8 Å². The van der Waals surface area contributed by atoms with Gasteiger partial charge in [0.1, 0.15) is 22.5 Å². The number of morpholine rings is 1. The number of carbonyl (C=O) groups is 1. The summed E-state index contributed by atoms with van der Waals surface area (Å²) >= 11 is 0. The van der Waals surface area contributed by atoms with Crippen LogP contribution in [0.25, 0.3) is 0 Å². The minimum atomic E-state index is -3.81. The van der Waals surface area contributed by atoms with E-state index in [9.17, 15) is 13.2 Å². The van der Waals surface area contributed by atoms with Gasteiger partial charge in [0.05, 0.1) is 25.4 Å². The zero-order valence-electron chi connectivity index (χ0n) is 18.5. The Balaban J connectivity index is 1.64. The lowest BCUT2D eigenvalue weighted by molar-refractivity contribution is 0.0729. The summed E-state index contributed by atoms with van der Waals surface area (Å²) in [5, 5.41) is 2.82. The molecule has 4 rings (SSSR count). The van der Waals surface area contributed by atoms with Crippen LogP contribution >= 0.6 is 0 Å². The van der Waals surface area contributed by atoms with Gasteiger partial charge in [0, 0.05) is 30.3 Å². The van der Waals surface area contributed by atoms with E-state index in [0.29, 0.717) is 36.8 Å². The maximum Gasteiger partial charge on any atom is 0.259 e. The third-order valence-electron chi connectivity index (χ3n) is 5.88. The Morgan fingerprint density at radius 1 is 1.19 bits per heavy atom. The van der Waals surface area contributed by atoms with Crippen molar-refractivity contribution in [1.29, 1.82) is 0 Å². The lowest BCUT2D eigenvalue weighted by atomic mass is 9.97. The van der Waals surface area contributed by atoms with E-state index in [-0.39, 0.29) is 41.7 Å². The number of anilines is 1. The van der Waals surface area contributed by atoms with Gasteiger partial charge in [-0.3, -0.25) is 4.79 Å². The molecule has 2 aromatic carbocycles. The standard InChI is InChI=1S/C23H28N2O6S/c1-4-30-20-9-8-17(14-21(20)32(27,28)25-10-12-29-13-11-25)24-23(26)19-7-5-6-18-15(2)16(3)31-22(18)19/h5-9,14-16H,4,10-13H2,1-3H3,(H,24,26). The minimum absolute atomic E-state index is 0.0188. The van der Waals surface area contributed by atoms with Crippen molar-refractivity contribution in [3.8, 4) is 11.5 Å². The Morgan fingerprint density at radius 2 is 1.94 bits per heavy atom. The number of ether oxygens (including phenoxy) is 3. The van der Waals surface area contributed by atoms with Gasteiger partial charge in [-0.25, -0.2) is 8.42 Å². The number of hydrogen-bond acceptors (Lipinski definition) is 6. The van der Waals surface area contributed by atoms with E-state index in [2.05, 4.69) is 12.2 Å². The second-order valence-corrected chi connectivity index (χ2v) is 9.81. The van der Waals surface area contributed by atoms with Gasteiger partial charge in [-0.1, -0.05) is 19.1 Å². The van der Waals surface area contributed by atoms with Crippen LogP contribution in [0.15, 0.2) is 41.3 Å². The van der Waals surface area contributed by atoms with Crippen molar-refractivity contribution in [1.82, 2.24) is 4.31 Å². The van der Waals surface area contributed by atoms with Crippen molar-refractivity contribution in [2.75, 3.05) is 38.2 Å². The number of amides is 1. The van der Waals surface area contributed by atoms with Crippen LogP contribution in [-0.4, -0.2) is 57.6 Å². The molecule has 1 saturated heterocycles. The Morgan fingerprint density at radius 3 is 2.66 bits per heavy atom. The highest BCUT2D eigenvalue weighted by atomic mass is 32.2. The van der Waals surface area contributed by atoms with E-state index in [4.69, 9.17) is 14.2 Å². The van der Waals surface area contributed by atoms with Crippen LogP contribution in [0.4, 0.5) is 5.69 Å². The predicted molar refractivity (Wildman–Crippen MR) is 120 cm³/mol. The SMILES string of the molecule is CCOc1ccc(NC(=O)c2cccc3c2OC(C)C3C)cc1S(=O)(=O)N1CCOCC1. The summed E-state index contributed by atoms with van der Waals surface area (Å²) < 4.78 is 44.7. The molecule has 2 aromatic rings. The number of carbonyl (C=O) groups excluding carboxylic acids is 1. The molecule has 2 unspecified atom stereocenters. The molecule has 0 bridgehead atoms. The quantitative estimate of drug-likeness (QED) is 0.711. The molecule has 0 spiro atoms. The smallest absolute Gasteiger partial charge is 0.259 e. The molecule has 0 aromatic heterocycles. The van der Waals surface area contributed by atoms with E-state index in [1.807, 2.05) is 19.1 Å². The fourth-order valence-corrected chi connectivity index (χ4v) is 5.52. The third-order valence-corrected chi connectivity index (χ3v) is 7.80. The molecule has 2 heterocycles.